The Morgan fingerprint density at radius 1 is 0.762 bits per heavy atom. The van der Waals surface area contributed by atoms with Crippen molar-refractivity contribution in [1.29, 1.82) is 0 Å². The van der Waals surface area contributed by atoms with E-state index in [0.717, 1.165) is 10.9 Å². The van der Waals surface area contributed by atoms with Gasteiger partial charge in [0, 0.05) is 31.8 Å². The second-order valence-corrected chi connectivity index (χ2v) is 7.37. The number of hydrogen-bond donors (Lipinski definition) is 1. The molecule has 4 heteroatoms. The van der Waals surface area contributed by atoms with Gasteiger partial charge in [-0.05, 0) is 12.8 Å². The zero-order chi connectivity index (χ0) is 14.9. The van der Waals surface area contributed by atoms with Crippen LogP contribution in [0.15, 0.2) is 0 Å². The van der Waals surface area contributed by atoms with Crippen molar-refractivity contribution in [3.63, 3.8) is 0 Å². The van der Waals surface area contributed by atoms with Crippen molar-refractivity contribution in [3.8, 4) is 0 Å². The summed E-state index contributed by atoms with van der Waals surface area (Å²) in [6.45, 7) is 5.60. The van der Waals surface area contributed by atoms with Gasteiger partial charge in [-0.2, -0.15) is 0 Å². The van der Waals surface area contributed by atoms with E-state index < -0.39 is 0 Å². The van der Waals surface area contributed by atoms with Crippen LogP contribution in [0.4, 0.5) is 0 Å². The van der Waals surface area contributed by atoms with Crippen molar-refractivity contribution < 1.29 is 19.5 Å². The number of hydrogen-bond acceptors (Lipinski definition) is 2. The largest absolute Gasteiger partial charge is 0.371 e. The van der Waals surface area contributed by atoms with Gasteiger partial charge >= 0.3 is 0 Å². The summed E-state index contributed by atoms with van der Waals surface area (Å²) in [6, 6.07) is 0. The molecule has 0 unspecified atom stereocenters. The Hall–Kier alpha value is 0.863. The predicted molar refractivity (Wildman–Crippen MR) is 99.8 cm³/mol. The first-order valence-corrected chi connectivity index (χ1v) is 10.1. The summed E-state index contributed by atoms with van der Waals surface area (Å²) in [5, 5.41) is 3.38. The van der Waals surface area contributed by atoms with Crippen molar-refractivity contribution >= 4 is 28.3 Å². The van der Waals surface area contributed by atoms with Crippen LogP contribution in [-0.4, -0.2) is 16.6 Å². The van der Waals surface area contributed by atoms with Gasteiger partial charge in [-0.15, -0.1) is 0 Å². The second kappa shape index (κ2) is 20.9. The maximum atomic E-state index is 5.35. The first-order chi connectivity index (χ1) is 9.81. The van der Waals surface area contributed by atoms with Gasteiger partial charge in [0.2, 0.25) is 0 Å². The van der Waals surface area contributed by atoms with Crippen molar-refractivity contribution in [2.24, 2.45) is 0 Å². The Kier molecular flexibility index (Phi) is 24.0. The summed E-state index contributed by atoms with van der Waals surface area (Å²) in [5.41, 5.74) is 0. The molecule has 0 bridgehead atoms. The van der Waals surface area contributed by atoms with Gasteiger partial charge in [0.25, 0.3) is 0 Å². The van der Waals surface area contributed by atoms with Crippen LogP contribution in [0.2, 0.25) is 0 Å². The van der Waals surface area contributed by atoms with Gasteiger partial charge in [-0.25, -0.2) is 0 Å². The van der Waals surface area contributed by atoms with E-state index in [9.17, 15) is 0 Å². The van der Waals surface area contributed by atoms with E-state index in [4.69, 9.17) is 12.2 Å². The molecule has 122 valence electrons. The Labute approximate surface area is 155 Å². The van der Waals surface area contributed by atoms with Crippen molar-refractivity contribution in [2.75, 3.05) is 12.3 Å². The smallest absolute Gasteiger partial charge is 0.133 e. The quantitative estimate of drug-likeness (QED) is 0.214. The minimum atomic E-state index is 0. The van der Waals surface area contributed by atoms with Gasteiger partial charge in [0.05, 0.1) is 0 Å². The normalized spacial score (nSPS) is 10.2. The summed E-state index contributed by atoms with van der Waals surface area (Å²) in [5.74, 6) is 1.19. The third kappa shape index (κ3) is 20.9. The average molecular weight is 383 g/mol. The zero-order valence-corrected chi connectivity index (χ0v) is 19.0. The van der Waals surface area contributed by atoms with Gasteiger partial charge < -0.3 is 5.32 Å². The molecule has 0 aliphatic carbocycles. The molecule has 0 aromatic heterocycles. The number of rotatable bonds is 14. The molecule has 0 saturated heterocycles. The fraction of sp³-hybridized carbons (Fsp3) is 0.941. The van der Waals surface area contributed by atoms with Crippen LogP contribution in [0.3, 0.4) is 0 Å². The van der Waals surface area contributed by atoms with Gasteiger partial charge in [-0.3, -0.25) is 0 Å². The molecular formula is C17H35NS2Zn. The Morgan fingerprint density at radius 3 is 1.81 bits per heavy atom. The fourth-order valence-electron chi connectivity index (χ4n) is 2.19. The summed E-state index contributed by atoms with van der Waals surface area (Å²) >= 11 is 7.18. The number of nitrogens with one attached hydrogen (secondary N) is 1. The van der Waals surface area contributed by atoms with E-state index in [1.54, 1.807) is 0 Å². The third-order valence-corrected chi connectivity index (χ3v) is 4.93. The molecule has 21 heavy (non-hydrogen) atoms. The van der Waals surface area contributed by atoms with Gasteiger partial charge in [0.1, 0.15) is 4.32 Å². The molecule has 0 aliphatic rings. The molecule has 0 saturated carbocycles. The molecule has 0 radical (unpaired) electrons. The minimum Gasteiger partial charge on any atom is -0.371 e. The summed E-state index contributed by atoms with van der Waals surface area (Å²) in [7, 11) is 0. The Bertz CT molecular complexity index is 193. The molecule has 0 fully saturated rings. The van der Waals surface area contributed by atoms with Gasteiger partial charge in [0.15, 0.2) is 0 Å². The number of thiocarbonyl (C=S) groups is 1. The molecule has 0 aliphatic heterocycles. The molecule has 0 atom stereocenters. The molecule has 1 nitrogen and oxygen atoms in total. The second-order valence-electron chi connectivity index (χ2n) is 5.60. The molecule has 0 amide bonds. The van der Waals surface area contributed by atoms with Crippen LogP contribution in [0, 0.1) is 0 Å². The summed E-state index contributed by atoms with van der Waals surface area (Å²) in [6.07, 6.45) is 16.3. The van der Waals surface area contributed by atoms with Crippen molar-refractivity contribution in [1.82, 2.24) is 5.32 Å². The standard InChI is InChI=1S/C17H35NS2.Zn/c1-3-5-7-9-11-13-15-18-17(19)20-16-14-12-10-8-6-4-2;/h3-16H2,1-2H3,(H,18,19);. The Balaban J connectivity index is 0. The van der Waals surface area contributed by atoms with Crippen LogP contribution >= 0.6 is 24.0 Å². The molecule has 0 heterocycles. The summed E-state index contributed by atoms with van der Waals surface area (Å²) in [4.78, 5) is 0. The van der Waals surface area contributed by atoms with E-state index in [0.29, 0.717) is 0 Å². The fourth-order valence-corrected chi connectivity index (χ4v) is 3.28. The van der Waals surface area contributed by atoms with Crippen LogP contribution in [0.1, 0.15) is 90.9 Å². The SMILES string of the molecule is CCCCCCCCNC(=S)SCCCCCCCC.[Zn]. The van der Waals surface area contributed by atoms with E-state index in [1.165, 1.54) is 82.8 Å². The maximum absolute atomic E-state index is 5.35. The van der Waals surface area contributed by atoms with Crippen molar-refractivity contribution in [2.45, 2.75) is 90.9 Å². The molecular weight excluding hydrogens is 348 g/mol. The zero-order valence-electron chi connectivity index (χ0n) is 14.4. The van der Waals surface area contributed by atoms with Crippen molar-refractivity contribution in [3.05, 3.63) is 0 Å². The van der Waals surface area contributed by atoms with Crippen LogP contribution in [0.5, 0.6) is 0 Å². The average Bonchev–Trinajstić information content (AvgIpc) is 2.45. The van der Waals surface area contributed by atoms with E-state index in [1.807, 2.05) is 11.8 Å². The minimum absolute atomic E-state index is 0. The molecule has 1 N–H and O–H groups in total. The first-order valence-electron chi connectivity index (χ1n) is 8.71. The molecule has 0 spiro atoms. The van der Waals surface area contributed by atoms with E-state index in [2.05, 4.69) is 19.2 Å². The van der Waals surface area contributed by atoms with E-state index >= 15 is 0 Å². The van der Waals surface area contributed by atoms with E-state index in [-0.39, 0.29) is 19.5 Å². The molecule has 0 rings (SSSR count). The Morgan fingerprint density at radius 2 is 1.24 bits per heavy atom. The third-order valence-electron chi connectivity index (χ3n) is 3.53. The molecule has 0 aromatic rings. The maximum Gasteiger partial charge on any atom is 0.133 e. The van der Waals surface area contributed by atoms with Crippen LogP contribution in [0.25, 0.3) is 0 Å². The first kappa shape index (κ1) is 24.1. The summed E-state index contributed by atoms with van der Waals surface area (Å²) < 4.78 is 1.01. The van der Waals surface area contributed by atoms with Crippen LogP contribution < -0.4 is 5.32 Å². The molecule has 0 aromatic carbocycles. The predicted octanol–water partition coefficient (Wildman–Crippen LogP) is 6.31. The van der Waals surface area contributed by atoms with Crippen LogP contribution in [-0.2, 0) is 19.5 Å². The van der Waals surface area contributed by atoms with Gasteiger partial charge in [-0.1, -0.05) is 102 Å². The monoisotopic (exact) mass is 381 g/mol. The number of unbranched alkanes of at least 4 members (excludes halogenated alkanes) is 10. The number of thioether (sulfide) groups is 1. The topological polar surface area (TPSA) is 12.0 Å².